The summed E-state index contributed by atoms with van der Waals surface area (Å²) in [5.41, 5.74) is 3.55. The molecule has 1 N–H and O–H groups in total. The molecule has 0 aliphatic heterocycles. The fraction of sp³-hybridized carbons (Fsp3) is 0.286. The van der Waals surface area contributed by atoms with Crippen molar-refractivity contribution in [1.82, 2.24) is 9.97 Å². The fourth-order valence-corrected chi connectivity index (χ4v) is 1.98. The Kier molecular flexibility index (Phi) is 3.69. The summed E-state index contributed by atoms with van der Waals surface area (Å²) in [6.07, 6.45) is 1.93. The van der Waals surface area contributed by atoms with Gasteiger partial charge in [0, 0.05) is 12.1 Å². The van der Waals surface area contributed by atoms with Crippen molar-refractivity contribution in [2.45, 2.75) is 26.7 Å². The van der Waals surface area contributed by atoms with Crippen LogP contribution in [0.3, 0.4) is 0 Å². The Balaban J connectivity index is 2.44. The average Bonchev–Trinajstić information content (AvgIpc) is 2.38. The second kappa shape index (κ2) is 5.23. The van der Waals surface area contributed by atoms with Gasteiger partial charge in [-0.05, 0) is 23.6 Å². The predicted molar refractivity (Wildman–Crippen MR) is 73.6 cm³/mol. The van der Waals surface area contributed by atoms with Gasteiger partial charge < -0.3 is 4.98 Å². The lowest BCUT2D eigenvalue weighted by atomic mass is 10.1. The van der Waals surface area contributed by atoms with E-state index in [0.29, 0.717) is 4.64 Å². The molecule has 17 heavy (non-hydrogen) atoms. The molecule has 0 bridgehead atoms. The van der Waals surface area contributed by atoms with Gasteiger partial charge in [-0.25, -0.2) is 4.98 Å². The standard InChI is InChI=1S/C14H16N2S/c1-3-10-5-7-11(8-6-10)12-9-14(17)16-13(4-2)15-12/h5-9H,3-4H2,1-2H3,(H,15,16,17). The molecule has 0 spiro atoms. The summed E-state index contributed by atoms with van der Waals surface area (Å²) in [6, 6.07) is 10.5. The van der Waals surface area contributed by atoms with E-state index in [4.69, 9.17) is 12.2 Å². The van der Waals surface area contributed by atoms with E-state index in [1.165, 1.54) is 5.56 Å². The van der Waals surface area contributed by atoms with Crippen LogP contribution < -0.4 is 0 Å². The van der Waals surface area contributed by atoms with Crippen LogP contribution in [0.15, 0.2) is 30.3 Å². The molecule has 0 unspecified atom stereocenters. The Hall–Kier alpha value is -1.48. The molecule has 0 amide bonds. The number of aryl methyl sites for hydroxylation is 2. The van der Waals surface area contributed by atoms with E-state index in [0.717, 1.165) is 29.9 Å². The number of nitrogens with one attached hydrogen (secondary N) is 1. The van der Waals surface area contributed by atoms with E-state index >= 15 is 0 Å². The van der Waals surface area contributed by atoms with Crippen LogP contribution in [0.4, 0.5) is 0 Å². The Bertz CT molecular complexity index is 555. The minimum atomic E-state index is 0.648. The van der Waals surface area contributed by atoms with Gasteiger partial charge in [-0.2, -0.15) is 0 Å². The third kappa shape index (κ3) is 2.80. The molecule has 0 atom stereocenters. The molecule has 0 saturated heterocycles. The molecule has 2 aromatic rings. The molecule has 2 nitrogen and oxygen atoms in total. The molecule has 1 heterocycles. The maximum Gasteiger partial charge on any atom is 0.130 e. The number of nitrogens with zero attached hydrogens (tertiary/aromatic N) is 1. The van der Waals surface area contributed by atoms with Crippen molar-refractivity contribution in [1.29, 1.82) is 0 Å². The van der Waals surface area contributed by atoms with Crippen LogP contribution >= 0.6 is 12.2 Å². The molecule has 0 aliphatic rings. The van der Waals surface area contributed by atoms with Gasteiger partial charge in [-0.3, -0.25) is 0 Å². The minimum absolute atomic E-state index is 0.648. The Morgan fingerprint density at radius 2 is 1.82 bits per heavy atom. The third-order valence-electron chi connectivity index (χ3n) is 2.80. The highest BCUT2D eigenvalue weighted by atomic mass is 32.1. The van der Waals surface area contributed by atoms with E-state index in [1.54, 1.807) is 0 Å². The number of aromatic amines is 1. The maximum atomic E-state index is 5.17. The molecular formula is C14H16N2S. The molecule has 1 aromatic heterocycles. The highest BCUT2D eigenvalue weighted by Crippen LogP contribution is 2.18. The van der Waals surface area contributed by atoms with Crippen LogP contribution in [-0.2, 0) is 12.8 Å². The van der Waals surface area contributed by atoms with Crippen molar-refractivity contribution >= 4 is 12.2 Å². The van der Waals surface area contributed by atoms with Crippen LogP contribution in [0.25, 0.3) is 11.3 Å². The van der Waals surface area contributed by atoms with Gasteiger partial charge in [0.15, 0.2) is 0 Å². The van der Waals surface area contributed by atoms with E-state index in [9.17, 15) is 0 Å². The highest BCUT2D eigenvalue weighted by molar-refractivity contribution is 7.71. The molecule has 0 radical (unpaired) electrons. The van der Waals surface area contributed by atoms with Gasteiger partial charge in [-0.1, -0.05) is 50.3 Å². The van der Waals surface area contributed by atoms with Crippen LogP contribution in [0.1, 0.15) is 25.2 Å². The lowest BCUT2D eigenvalue weighted by Crippen LogP contribution is -1.95. The first-order valence-corrected chi connectivity index (χ1v) is 6.33. The number of aromatic nitrogens is 2. The van der Waals surface area contributed by atoms with Gasteiger partial charge in [0.2, 0.25) is 0 Å². The molecule has 88 valence electrons. The van der Waals surface area contributed by atoms with Gasteiger partial charge in [-0.15, -0.1) is 0 Å². The molecule has 1 aromatic carbocycles. The summed E-state index contributed by atoms with van der Waals surface area (Å²) >= 11 is 5.17. The van der Waals surface area contributed by atoms with Gasteiger partial charge in [0.05, 0.1) is 0 Å². The van der Waals surface area contributed by atoms with Crippen molar-refractivity contribution in [3.05, 3.63) is 46.4 Å². The molecule has 0 aliphatic carbocycles. The molecule has 0 saturated carbocycles. The molecule has 0 fully saturated rings. The van der Waals surface area contributed by atoms with E-state index < -0.39 is 0 Å². The smallest absolute Gasteiger partial charge is 0.130 e. The topological polar surface area (TPSA) is 28.7 Å². The number of hydrogen-bond donors (Lipinski definition) is 1. The summed E-state index contributed by atoms with van der Waals surface area (Å²) in [5, 5.41) is 0. The fourth-order valence-electron chi connectivity index (χ4n) is 1.75. The summed E-state index contributed by atoms with van der Waals surface area (Å²) in [4.78, 5) is 7.58. The number of hydrogen-bond acceptors (Lipinski definition) is 2. The quantitative estimate of drug-likeness (QED) is 0.829. The number of rotatable bonds is 3. The Labute approximate surface area is 107 Å². The lowest BCUT2D eigenvalue weighted by molar-refractivity contribution is 0.936. The molecular weight excluding hydrogens is 228 g/mol. The predicted octanol–water partition coefficient (Wildman–Crippen LogP) is 3.93. The van der Waals surface area contributed by atoms with Crippen LogP contribution in [0, 0.1) is 4.64 Å². The summed E-state index contributed by atoms with van der Waals surface area (Å²) < 4.78 is 0.648. The first kappa shape index (κ1) is 12.0. The second-order valence-corrected chi connectivity index (χ2v) is 4.40. The van der Waals surface area contributed by atoms with Crippen LogP contribution in [-0.4, -0.2) is 9.97 Å². The van der Waals surface area contributed by atoms with E-state index in [2.05, 4.69) is 48.1 Å². The zero-order valence-electron chi connectivity index (χ0n) is 10.2. The van der Waals surface area contributed by atoms with Crippen molar-refractivity contribution < 1.29 is 0 Å². The maximum absolute atomic E-state index is 5.17. The number of benzene rings is 1. The van der Waals surface area contributed by atoms with Gasteiger partial charge in [0.25, 0.3) is 0 Å². The Morgan fingerprint density at radius 1 is 1.12 bits per heavy atom. The summed E-state index contributed by atoms with van der Waals surface area (Å²) in [7, 11) is 0. The first-order chi connectivity index (χ1) is 8.22. The van der Waals surface area contributed by atoms with E-state index in [-0.39, 0.29) is 0 Å². The van der Waals surface area contributed by atoms with Crippen molar-refractivity contribution in [3.63, 3.8) is 0 Å². The van der Waals surface area contributed by atoms with E-state index in [1.807, 2.05) is 6.07 Å². The van der Waals surface area contributed by atoms with Crippen LogP contribution in [0.2, 0.25) is 0 Å². The minimum Gasteiger partial charge on any atom is -0.343 e. The molecule has 2 rings (SSSR count). The highest BCUT2D eigenvalue weighted by Gasteiger charge is 2.00. The zero-order chi connectivity index (χ0) is 12.3. The summed E-state index contributed by atoms with van der Waals surface area (Å²) in [5.74, 6) is 0.937. The van der Waals surface area contributed by atoms with Crippen molar-refractivity contribution in [2.24, 2.45) is 0 Å². The van der Waals surface area contributed by atoms with Gasteiger partial charge in [0.1, 0.15) is 10.5 Å². The second-order valence-electron chi connectivity index (χ2n) is 3.98. The zero-order valence-corrected chi connectivity index (χ0v) is 11.0. The van der Waals surface area contributed by atoms with Crippen molar-refractivity contribution in [2.75, 3.05) is 0 Å². The number of H-pyrrole nitrogens is 1. The Morgan fingerprint density at radius 3 is 2.41 bits per heavy atom. The largest absolute Gasteiger partial charge is 0.343 e. The normalized spacial score (nSPS) is 10.5. The average molecular weight is 244 g/mol. The summed E-state index contributed by atoms with van der Waals surface area (Å²) in [6.45, 7) is 4.22. The van der Waals surface area contributed by atoms with Gasteiger partial charge >= 0.3 is 0 Å². The SMILES string of the molecule is CCc1ccc(-c2cc(=S)nc(CC)[nH]2)cc1. The monoisotopic (exact) mass is 244 g/mol. The lowest BCUT2D eigenvalue weighted by Gasteiger charge is -2.05. The van der Waals surface area contributed by atoms with Crippen LogP contribution in [0.5, 0.6) is 0 Å². The first-order valence-electron chi connectivity index (χ1n) is 5.92. The third-order valence-corrected chi connectivity index (χ3v) is 3.01. The van der Waals surface area contributed by atoms with Crippen molar-refractivity contribution in [3.8, 4) is 11.3 Å². The molecule has 3 heteroatoms.